The van der Waals surface area contributed by atoms with Gasteiger partial charge in [-0.15, -0.1) is 0 Å². The van der Waals surface area contributed by atoms with Gasteiger partial charge in [0, 0.05) is 6.54 Å². The Morgan fingerprint density at radius 1 is 1.26 bits per heavy atom. The number of unbranched alkanes of at least 4 members (excludes halogenated alkanes) is 1. The van der Waals surface area contributed by atoms with E-state index in [-0.39, 0.29) is 0 Å². The van der Waals surface area contributed by atoms with Gasteiger partial charge >= 0.3 is 5.97 Å². The Morgan fingerprint density at radius 3 is 2.65 bits per heavy atom. The summed E-state index contributed by atoms with van der Waals surface area (Å²) in [6.07, 6.45) is 2.77. The molecule has 0 bridgehead atoms. The molecule has 0 unspecified atom stereocenters. The minimum Gasteiger partial charge on any atom is -0.489 e. The Labute approximate surface area is 137 Å². The maximum absolute atomic E-state index is 12.1. The Kier molecular flexibility index (Phi) is 6.20. The van der Waals surface area contributed by atoms with Crippen molar-refractivity contribution in [2.45, 2.75) is 39.7 Å². The number of hydrogen-bond donors (Lipinski definition) is 0. The highest BCUT2D eigenvalue weighted by molar-refractivity contribution is 5.91. The molecule has 23 heavy (non-hydrogen) atoms. The van der Waals surface area contributed by atoms with Crippen LogP contribution in [0.25, 0.3) is 0 Å². The lowest BCUT2D eigenvalue weighted by atomic mass is 10.1. The Balaban J connectivity index is 2.20. The van der Waals surface area contributed by atoms with E-state index in [1.54, 1.807) is 4.68 Å². The van der Waals surface area contributed by atoms with E-state index < -0.39 is 5.97 Å². The highest BCUT2D eigenvalue weighted by Gasteiger charge is 2.23. The minimum atomic E-state index is -0.412. The molecule has 1 aromatic heterocycles. The van der Waals surface area contributed by atoms with Crippen LogP contribution >= 0.6 is 0 Å². The van der Waals surface area contributed by atoms with Crippen LogP contribution in [0.2, 0.25) is 0 Å². The average molecular weight is 316 g/mol. The molecule has 0 fully saturated rings. The molecular formula is C18H24N2O3. The summed E-state index contributed by atoms with van der Waals surface area (Å²) in [4.78, 5) is 12.1. The lowest BCUT2D eigenvalue weighted by Crippen LogP contribution is -2.14. The maximum atomic E-state index is 12.1. The molecule has 0 aliphatic rings. The first kappa shape index (κ1) is 17.1. The van der Waals surface area contributed by atoms with Crippen molar-refractivity contribution in [2.24, 2.45) is 0 Å². The smallest absolute Gasteiger partial charge is 0.360 e. The number of aromatic nitrogens is 2. The summed E-state index contributed by atoms with van der Waals surface area (Å²) >= 11 is 0. The fraction of sp³-hybridized carbons (Fsp3) is 0.444. The molecular weight excluding hydrogens is 292 g/mol. The Morgan fingerprint density at radius 2 is 2.00 bits per heavy atom. The van der Waals surface area contributed by atoms with Gasteiger partial charge in [0.25, 0.3) is 0 Å². The zero-order valence-corrected chi connectivity index (χ0v) is 14.0. The van der Waals surface area contributed by atoms with Gasteiger partial charge in [0.05, 0.1) is 13.7 Å². The molecule has 1 heterocycles. The van der Waals surface area contributed by atoms with Crippen molar-refractivity contribution >= 4 is 5.97 Å². The van der Waals surface area contributed by atoms with Crippen LogP contribution in [-0.4, -0.2) is 29.5 Å². The zero-order chi connectivity index (χ0) is 16.7. The van der Waals surface area contributed by atoms with Gasteiger partial charge in [0.15, 0.2) is 11.4 Å². The molecule has 2 aromatic rings. The summed E-state index contributed by atoms with van der Waals surface area (Å²) in [6.45, 7) is 5.13. The lowest BCUT2D eigenvalue weighted by Gasteiger charge is -2.09. The van der Waals surface area contributed by atoms with Gasteiger partial charge in [-0.2, -0.15) is 5.10 Å². The number of methoxy groups -OCH3 is 1. The van der Waals surface area contributed by atoms with Gasteiger partial charge in [-0.3, -0.25) is 4.68 Å². The van der Waals surface area contributed by atoms with E-state index in [1.165, 1.54) is 12.7 Å². The SMILES string of the molecule is CCCCOc1c(C)nn(CCc2ccccc2)c1C(=O)OC. The van der Waals surface area contributed by atoms with Crippen LogP contribution in [0.15, 0.2) is 30.3 Å². The summed E-state index contributed by atoms with van der Waals surface area (Å²) in [5.74, 6) is 0.128. The molecule has 0 N–H and O–H groups in total. The number of aryl methyl sites for hydroxylation is 3. The summed E-state index contributed by atoms with van der Waals surface area (Å²) in [6, 6.07) is 10.1. The van der Waals surface area contributed by atoms with E-state index in [0.717, 1.165) is 25.0 Å². The van der Waals surface area contributed by atoms with Crippen LogP contribution in [-0.2, 0) is 17.7 Å². The van der Waals surface area contributed by atoms with Crippen molar-refractivity contribution in [1.82, 2.24) is 9.78 Å². The minimum absolute atomic E-state index is 0.400. The van der Waals surface area contributed by atoms with Gasteiger partial charge < -0.3 is 9.47 Å². The van der Waals surface area contributed by atoms with Crippen molar-refractivity contribution in [3.8, 4) is 5.75 Å². The van der Waals surface area contributed by atoms with Crippen LogP contribution in [0, 0.1) is 6.92 Å². The fourth-order valence-electron chi connectivity index (χ4n) is 2.39. The normalized spacial score (nSPS) is 10.6. The molecule has 0 aliphatic carbocycles. The molecule has 0 saturated carbocycles. The molecule has 0 saturated heterocycles. The summed E-state index contributed by atoms with van der Waals surface area (Å²) < 4.78 is 12.4. The van der Waals surface area contributed by atoms with Gasteiger partial charge in [-0.05, 0) is 25.3 Å². The Bertz CT molecular complexity index is 635. The average Bonchev–Trinajstić information content (AvgIpc) is 2.89. The van der Waals surface area contributed by atoms with E-state index in [1.807, 2.05) is 25.1 Å². The topological polar surface area (TPSA) is 53.4 Å². The van der Waals surface area contributed by atoms with Crippen LogP contribution < -0.4 is 4.74 Å². The summed E-state index contributed by atoms with van der Waals surface area (Å²) in [5.41, 5.74) is 2.32. The third-order valence-corrected chi connectivity index (χ3v) is 3.65. The second-order valence-electron chi connectivity index (χ2n) is 5.42. The van der Waals surface area contributed by atoms with E-state index in [4.69, 9.17) is 9.47 Å². The number of esters is 1. The van der Waals surface area contributed by atoms with E-state index in [9.17, 15) is 4.79 Å². The van der Waals surface area contributed by atoms with Gasteiger partial charge in [-0.25, -0.2) is 4.79 Å². The molecule has 1 aromatic carbocycles. The van der Waals surface area contributed by atoms with E-state index >= 15 is 0 Å². The van der Waals surface area contributed by atoms with Crippen molar-refractivity contribution in [2.75, 3.05) is 13.7 Å². The number of carbonyl (C=O) groups is 1. The second-order valence-corrected chi connectivity index (χ2v) is 5.42. The standard InChI is InChI=1S/C18H24N2O3/c1-4-5-13-23-17-14(2)19-20(16(17)18(21)22-3)12-11-15-9-7-6-8-10-15/h6-10H,4-5,11-13H2,1-3H3. The number of nitrogens with zero attached hydrogens (tertiary/aromatic N) is 2. The number of carbonyl (C=O) groups excluding carboxylic acids is 1. The maximum Gasteiger partial charge on any atom is 0.360 e. The molecule has 0 amide bonds. The van der Waals surface area contributed by atoms with Crippen LogP contribution in [0.1, 0.15) is 41.5 Å². The molecule has 0 aliphatic heterocycles. The van der Waals surface area contributed by atoms with E-state index in [2.05, 4.69) is 24.2 Å². The molecule has 124 valence electrons. The van der Waals surface area contributed by atoms with Crippen molar-refractivity contribution in [1.29, 1.82) is 0 Å². The Hall–Kier alpha value is -2.30. The third kappa shape index (κ3) is 4.34. The van der Waals surface area contributed by atoms with Crippen LogP contribution in [0.5, 0.6) is 5.75 Å². The van der Waals surface area contributed by atoms with Crippen molar-refractivity contribution in [3.05, 3.63) is 47.3 Å². The molecule has 2 rings (SSSR count). The highest BCUT2D eigenvalue weighted by atomic mass is 16.5. The lowest BCUT2D eigenvalue weighted by molar-refractivity contribution is 0.0581. The molecule has 5 heteroatoms. The first-order valence-electron chi connectivity index (χ1n) is 7.99. The number of hydrogen-bond acceptors (Lipinski definition) is 4. The van der Waals surface area contributed by atoms with Crippen molar-refractivity contribution < 1.29 is 14.3 Å². The largest absolute Gasteiger partial charge is 0.489 e. The fourth-order valence-corrected chi connectivity index (χ4v) is 2.39. The first-order chi connectivity index (χ1) is 11.2. The van der Waals surface area contributed by atoms with Crippen LogP contribution in [0.4, 0.5) is 0 Å². The number of rotatable bonds is 8. The number of benzene rings is 1. The monoisotopic (exact) mass is 316 g/mol. The van der Waals surface area contributed by atoms with Gasteiger partial charge in [0.1, 0.15) is 5.69 Å². The van der Waals surface area contributed by atoms with Gasteiger partial charge in [-0.1, -0.05) is 43.7 Å². The quantitative estimate of drug-likeness (QED) is 0.553. The molecule has 0 spiro atoms. The molecule has 5 nitrogen and oxygen atoms in total. The number of ether oxygens (including phenoxy) is 2. The first-order valence-corrected chi connectivity index (χ1v) is 7.99. The van der Waals surface area contributed by atoms with E-state index in [0.29, 0.717) is 24.6 Å². The second kappa shape index (κ2) is 8.36. The van der Waals surface area contributed by atoms with Gasteiger partial charge in [0.2, 0.25) is 0 Å². The third-order valence-electron chi connectivity index (χ3n) is 3.65. The molecule has 0 atom stereocenters. The summed E-state index contributed by atoms with van der Waals surface area (Å²) in [7, 11) is 1.38. The zero-order valence-electron chi connectivity index (χ0n) is 14.0. The van der Waals surface area contributed by atoms with Crippen LogP contribution in [0.3, 0.4) is 0 Å². The van der Waals surface area contributed by atoms with Crippen molar-refractivity contribution in [3.63, 3.8) is 0 Å². The summed E-state index contributed by atoms with van der Waals surface area (Å²) in [5, 5.41) is 4.46. The predicted molar refractivity (Wildman–Crippen MR) is 88.9 cm³/mol. The molecule has 0 radical (unpaired) electrons. The predicted octanol–water partition coefficient (Wildman–Crippen LogP) is 3.40. The highest BCUT2D eigenvalue weighted by Crippen LogP contribution is 2.25.